The summed E-state index contributed by atoms with van der Waals surface area (Å²) in [6.07, 6.45) is -4.70. The van der Waals surface area contributed by atoms with Gasteiger partial charge in [-0.15, -0.1) is 0 Å². The molecule has 110 valence electrons. The van der Waals surface area contributed by atoms with E-state index < -0.39 is 24.2 Å². The lowest BCUT2D eigenvalue weighted by Gasteiger charge is -2.10. The number of halogens is 3. The minimum Gasteiger partial charge on any atom is -0.479 e. The van der Waals surface area contributed by atoms with E-state index in [9.17, 15) is 22.8 Å². The molecule has 0 spiro atoms. The average Bonchev–Trinajstić information content (AvgIpc) is 2.36. The Morgan fingerprint density at radius 1 is 1.15 bits per heavy atom. The molecule has 1 rings (SSSR count). The van der Waals surface area contributed by atoms with Crippen molar-refractivity contribution in [1.82, 2.24) is 5.32 Å². The highest BCUT2D eigenvalue weighted by Gasteiger charge is 2.38. The average molecular weight is 293 g/mol. The van der Waals surface area contributed by atoms with Crippen molar-refractivity contribution < 1.29 is 37.8 Å². The lowest BCUT2D eigenvalue weighted by Crippen LogP contribution is -2.27. The van der Waals surface area contributed by atoms with Crippen molar-refractivity contribution in [2.45, 2.75) is 12.2 Å². The van der Waals surface area contributed by atoms with Crippen LogP contribution in [0, 0.1) is 0 Å². The maximum absolute atomic E-state index is 10.7. The van der Waals surface area contributed by atoms with Gasteiger partial charge in [-0.05, 0) is 5.56 Å². The van der Waals surface area contributed by atoms with Crippen molar-refractivity contribution in [3.05, 3.63) is 35.9 Å². The third-order valence-electron chi connectivity index (χ3n) is 1.86. The number of amides is 1. The van der Waals surface area contributed by atoms with E-state index in [4.69, 9.17) is 15.0 Å². The predicted octanol–water partition coefficient (Wildman–Crippen LogP) is 1.19. The van der Waals surface area contributed by atoms with Crippen molar-refractivity contribution in [3.8, 4) is 0 Å². The summed E-state index contributed by atoms with van der Waals surface area (Å²) in [6.45, 7) is 0. The number of alkyl halides is 3. The van der Waals surface area contributed by atoms with Gasteiger partial charge in [-0.3, -0.25) is 4.79 Å². The highest BCUT2D eigenvalue weighted by molar-refractivity contribution is 5.78. The second kappa shape index (κ2) is 7.77. The largest absolute Gasteiger partial charge is 0.490 e. The van der Waals surface area contributed by atoms with Crippen LogP contribution in [0.5, 0.6) is 0 Å². The van der Waals surface area contributed by atoms with Crippen LogP contribution in [0.25, 0.3) is 0 Å². The first kappa shape index (κ1) is 17.4. The predicted molar refractivity (Wildman–Crippen MR) is 59.7 cm³/mol. The van der Waals surface area contributed by atoms with E-state index in [1.54, 1.807) is 30.3 Å². The Morgan fingerprint density at radius 3 is 1.90 bits per heavy atom. The number of carbonyl (C=O) groups is 3. The summed E-state index contributed by atoms with van der Waals surface area (Å²) < 4.78 is 31.7. The molecule has 0 radical (unpaired) electrons. The highest BCUT2D eigenvalue weighted by atomic mass is 19.4. The van der Waals surface area contributed by atoms with Crippen LogP contribution in [0.1, 0.15) is 11.6 Å². The molecule has 1 atom stereocenters. The smallest absolute Gasteiger partial charge is 0.479 e. The van der Waals surface area contributed by atoms with E-state index in [1.165, 1.54) is 0 Å². The van der Waals surface area contributed by atoms with Gasteiger partial charge in [0.1, 0.15) is 0 Å². The van der Waals surface area contributed by atoms with E-state index in [0.29, 0.717) is 12.0 Å². The van der Waals surface area contributed by atoms with Gasteiger partial charge in [0.25, 0.3) is 0 Å². The summed E-state index contributed by atoms with van der Waals surface area (Å²) in [5.41, 5.74) is 0.558. The van der Waals surface area contributed by atoms with Crippen molar-refractivity contribution in [3.63, 3.8) is 0 Å². The van der Waals surface area contributed by atoms with Gasteiger partial charge in [0.05, 0.1) is 0 Å². The molecule has 0 aliphatic rings. The molecule has 0 saturated carbocycles. The van der Waals surface area contributed by atoms with Crippen molar-refractivity contribution in [2.24, 2.45) is 0 Å². The Hall–Kier alpha value is -2.58. The Morgan fingerprint density at radius 2 is 1.60 bits per heavy atom. The number of hydrogen-bond donors (Lipinski definition) is 3. The van der Waals surface area contributed by atoms with E-state index in [1.807, 2.05) is 0 Å². The second-order valence-electron chi connectivity index (χ2n) is 3.27. The Balaban J connectivity index is 0.000000441. The number of nitrogens with one attached hydrogen (secondary N) is 1. The lowest BCUT2D eigenvalue weighted by molar-refractivity contribution is -0.192. The normalized spacial score (nSPS) is 11.6. The Kier molecular flexibility index (Phi) is 6.77. The van der Waals surface area contributed by atoms with E-state index in [0.717, 1.165) is 0 Å². The summed E-state index contributed by atoms with van der Waals surface area (Å²) in [5.74, 6) is -3.83. The standard InChI is InChI=1S/C9H9NO3.C2HF3O2/c11-6-10-8(9(12)13)7-4-2-1-3-5-7;3-2(4,5)1(6)7/h1-6,8H,(H,10,11)(H,12,13);(H,6,7)/t8-;/m1./s1. The molecule has 9 heteroatoms. The fraction of sp³-hybridized carbons (Fsp3) is 0.182. The highest BCUT2D eigenvalue weighted by Crippen LogP contribution is 2.13. The van der Waals surface area contributed by atoms with Crippen molar-refractivity contribution >= 4 is 18.3 Å². The molecule has 1 aromatic rings. The monoisotopic (exact) mass is 293 g/mol. The molecule has 1 aromatic carbocycles. The number of hydrogen-bond acceptors (Lipinski definition) is 3. The van der Waals surface area contributed by atoms with E-state index in [2.05, 4.69) is 5.32 Å². The first-order valence-corrected chi connectivity index (χ1v) is 4.97. The summed E-state index contributed by atoms with van der Waals surface area (Å²) >= 11 is 0. The zero-order valence-electron chi connectivity index (χ0n) is 9.79. The molecule has 20 heavy (non-hydrogen) atoms. The zero-order valence-corrected chi connectivity index (χ0v) is 9.79. The number of rotatable bonds is 4. The first-order valence-electron chi connectivity index (χ1n) is 4.97. The van der Waals surface area contributed by atoms with Crippen LogP contribution in [0.2, 0.25) is 0 Å². The zero-order chi connectivity index (χ0) is 15.8. The van der Waals surface area contributed by atoms with Gasteiger partial charge in [0.2, 0.25) is 6.41 Å². The van der Waals surface area contributed by atoms with Crippen LogP contribution in [0.15, 0.2) is 30.3 Å². The fourth-order valence-electron chi connectivity index (χ4n) is 1.02. The number of carboxylic acid groups (broad SMARTS) is 2. The van der Waals surface area contributed by atoms with Crippen LogP contribution in [-0.4, -0.2) is 34.7 Å². The number of aliphatic carboxylic acids is 2. The molecule has 1 amide bonds. The minimum absolute atomic E-state index is 0.381. The van der Waals surface area contributed by atoms with E-state index >= 15 is 0 Å². The Labute approximate surface area is 110 Å². The number of benzene rings is 1. The van der Waals surface area contributed by atoms with Crippen molar-refractivity contribution in [2.75, 3.05) is 0 Å². The summed E-state index contributed by atoms with van der Waals surface area (Å²) in [7, 11) is 0. The van der Waals surface area contributed by atoms with Crippen LogP contribution >= 0.6 is 0 Å². The number of carboxylic acids is 2. The molecule has 6 nitrogen and oxygen atoms in total. The number of carbonyl (C=O) groups excluding carboxylic acids is 1. The lowest BCUT2D eigenvalue weighted by atomic mass is 10.1. The van der Waals surface area contributed by atoms with Crippen LogP contribution in [0.4, 0.5) is 13.2 Å². The second-order valence-corrected chi connectivity index (χ2v) is 3.27. The maximum atomic E-state index is 10.7. The molecule has 0 fully saturated rings. The molecule has 0 aromatic heterocycles. The quantitative estimate of drug-likeness (QED) is 0.723. The van der Waals surface area contributed by atoms with Gasteiger partial charge in [0, 0.05) is 0 Å². The van der Waals surface area contributed by atoms with Crippen LogP contribution in [0.3, 0.4) is 0 Å². The molecule has 0 aliphatic carbocycles. The van der Waals surface area contributed by atoms with Crippen LogP contribution < -0.4 is 5.32 Å². The van der Waals surface area contributed by atoms with Gasteiger partial charge in [-0.25, -0.2) is 9.59 Å². The summed E-state index contributed by atoms with van der Waals surface area (Å²) in [5, 5.41) is 18.1. The molecule has 0 aliphatic heterocycles. The summed E-state index contributed by atoms with van der Waals surface area (Å²) in [6, 6.07) is 7.56. The molecule has 3 N–H and O–H groups in total. The van der Waals surface area contributed by atoms with Gasteiger partial charge in [0.15, 0.2) is 6.04 Å². The minimum atomic E-state index is -5.08. The third kappa shape index (κ3) is 6.38. The summed E-state index contributed by atoms with van der Waals surface area (Å²) in [4.78, 5) is 29.7. The molecular formula is C11H10F3NO5. The topological polar surface area (TPSA) is 104 Å². The molecule has 0 unspecified atom stereocenters. The molecule has 0 heterocycles. The SMILES string of the molecule is O=C(O)C(F)(F)F.O=CN[C@@H](C(=O)O)c1ccccc1. The van der Waals surface area contributed by atoms with E-state index in [-0.39, 0.29) is 0 Å². The van der Waals surface area contributed by atoms with Gasteiger partial charge in [-0.2, -0.15) is 13.2 Å². The Bertz CT molecular complexity index is 461. The van der Waals surface area contributed by atoms with Gasteiger partial charge in [-0.1, -0.05) is 30.3 Å². The fourth-order valence-corrected chi connectivity index (χ4v) is 1.02. The van der Waals surface area contributed by atoms with Crippen molar-refractivity contribution in [1.29, 1.82) is 0 Å². The third-order valence-corrected chi connectivity index (χ3v) is 1.86. The molecule has 0 saturated heterocycles. The molecular weight excluding hydrogens is 283 g/mol. The molecule has 0 bridgehead atoms. The van der Waals surface area contributed by atoms with Crippen LogP contribution in [-0.2, 0) is 14.4 Å². The van der Waals surface area contributed by atoms with Gasteiger partial charge < -0.3 is 15.5 Å². The first-order chi connectivity index (χ1) is 9.20. The maximum Gasteiger partial charge on any atom is 0.490 e. The van der Waals surface area contributed by atoms with Gasteiger partial charge >= 0.3 is 18.1 Å².